The molecule has 0 spiro atoms. The summed E-state index contributed by atoms with van der Waals surface area (Å²) in [5.74, 6) is -0.0365. The molecular weight excluding hydrogens is 176 g/mol. The number of hydrogen-bond acceptors (Lipinski definition) is 4. The largest absolute Gasteiger partial charge is 0.340 e. The zero-order valence-electron chi connectivity index (χ0n) is 6.61. The van der Waals surface area contributed by atoms with Crippen molar-refractivity contribution in [2.75, 3.05) is 13.5 Å². The minimum absolute atomic E-state index is 0.0365. The summed E-state index contributed by atoms with van der Waals surface area (Å²) < 4.78 is 4.87. The first-order valence-electron chi connectivity index (χ1n) is 3.56. The standard InChI is InChI=1S/C7H8N2O2S/c1-5-8-6(2-12-5)7(10)9-3-11-4-9/h2H,3-4H2,1H3. The molecule has 0 aliphatic carbocycles. The van der Waals surface area contributed by atoms with E-state index < -0.39 is 0 Å². The van der Waals surface area contributed by atoms with Crippen LogP contribution in [0.1, 0.15) is 15.5 Å². The van der Waals surface area contributed by atoms with Crippen LogP contribution in [0.4, 0.5) is 0 Å². The van der Waals surface area contributed by atoms with Gasteiger partial charge in [0.2, 0.25) is 0 Å². The molecule has 0 bridgehead atoms. The van der Waals surface area contributed by atoms with Crippen molar-refractivity contribution in [3.63, 3.8) is 0 Å². The Morgan fingerprint density at radius 1 is 1.75 bits per heavy atom. The Morgan fingerprint density at radius 3 is 2.92 bits per heavy atom. The number of thiazole rings is 1. The number of carbonyl (C=O) groups is 1. The van der Waals surface area contributed by atoms with Crippen LogP contribution >= 0.6 is 11.3 Å². The zero-order valence-corrected chi connectivity index (χ0v) is 7.43. The number of hydrogen-bond donors (Lipinski definition) is 0. The Labute approximate surface area is 73.8 Å². The fraction of sp³-hybridized carbons (Fsp3) is 0.429. The summed E-state index contributed by atoms with van der Waals surface area (Å²) >= 11 is 1.49. The molecule has 4 nitrogen and oxygen atoms in total. The van der Waals surface area contributed by atoms with Crippen LogP contribution in [-0.2, 0) is 4.74 Å². The van der Waals surface area contributed by atoms with Gasteiger partial charge >= 0.3 is 0 Å². The van der Waals surface area contributed by atoms with Gasteiger partial charge in [-0.15, -0.1) is 11.3 Å². The van der Waals surface area contributed by atoms with Crippen molar-refractivity contribution in [2.45, 2.75) is 6.92 Å². The van der Waals surface area contributed by atoms with Gasteiger partial charge < -0.3 is 4.74 Å². The van der Waals surface area contributed by atoms with Crippen LogP contribution in [0.2, 0.25) is 0 Å². The maximum Gasteiger partial charge on any atom is 0.276 e. The van der Waals surface area contributed by atoms with Gasteiger partial charge in [-0.3, -0.25) is 9.69 Å². The SMILES string of the molecule is Cc1nc(C(=O)N2COC2)cs1. The van der Waals surface area contributed by atoms with Crippen LogP contribution in [0.3, 0.4) is 0 Å². The molecule has 5 heteroatoms. The molecule has 0 saturated carbocycles. The molecular formula is C7H8N2O2S. The number of aromatic nitrogens is 1. The summed E-state index contributed by atoms with van der Waals surface area (Å²) in [5.41, 5.74) is 0.529. The molecule has 0 atom stereocenters. The predicted molar refractivity (Wildman–Crippen MR) is 43.8 cm³/mol. The molecule has 1 aliphatic heterocycles. The Bertz CT molecular complexity index is 306. The number of aryl methyl sites for hydroxylation is 1. The van der Waals surface area contributed by atoms with Gasteiger partial charge in [-0.1, -0.05) is 0 Å². The van der Waals surface area contributed by atoms with Gasteiger partial charge in [0, 0.05) is 5.38 Å². The lowest BCUT2D eigenvalue weighted by Gasteiger charge is -2.29. The Hall–Kier alpha value is -0.940. The number of carbonyl (C=O) groups excluding carboxylic acids is 1. The predicted octanol–water partition coefficient (Wildman–Crippen LogP) is 0.839. The summed E-state index contributed by atoms with van der Waals surface area (Å²) in [4.78, 5) is 17.1. The first kappa shape index (κ1) is 7.70. The Kier molecular flexibility index (Phi) is 1.82. The van der Waals surface area contributed by atoms with E-state index in [1.54, 1.807) is 10.3 Å². The van der Waals surface area contributed by atoms with Gasteiger partial charge in [-0.25, -0.2) is 4.98 Å². The van der Waals surface area contributed by atoms with Crippen molar-refractivity contribution >= 4 is 17.2 Å². The van der Waals surface area contributed by atoms with Gasteiger partial charge in [0.1, 0.15) is 19.2 Å². The van der Waals surface area contributed by atoms with Crippen molar-refractivity contribution in [1.82, 2.24) is 9.88 Å². The third-order valence-electron chi connectivity index (χ3n) is 1.62. The fourth-order valence-electron chi connectivity index (χ4n) is 0.923. The highest BCUT2D eigenvalue weighted by molar-refractivity contribution is 7.09. The van der Waals surface area contributed by atoms with Gasteiger partial charge in [0.25, 0.3) is 5.91 Å². The molecule has 1 aromatic heterocycles. The van der Waals surface area contributed by atoms with Crippen LogP contribution in [0.25, 0.3) is 0 Å². The monoisotopic (exact) mass is 184 g/mol. The van der Waals surface area contributed by atoms with Crippen LogP contribution in [0, 0.1) is 6.92 Å². The molecule has 0 unspecified atom stereocenters. The molecule has 0 radical (unpaired) electrons. The van der Waals surface area contributed by atoms with Crippen molar-refractivity contribution in [2.24, 2.45) is 0 Å². The lowest BCUT2D eigenvalue weighted by Crippen LogP contribution is -2.44. The van der Waals surface area contributed by atoms with Crippen LogP contribution in [-0.4, -0.2) is 29.3 Å². The van der Waals surface area contributed by atoms with E-state index >= 15 is 0 Å². The van der Waals surface area contributed by atoms with E-state index in [4.69, 9.17) is 4.74 Å². The molecule has 1 saturated heterocycles. The Morgan fingerprint density at radius 2 is 2.50 bits per heavy atom. The van der Waals surface area contributed by atoms with Crippen LogP contribution in [0.5, 0.6) is 0 Å². The zero-order chi connectivity index (χ0) is 8.55. The highest BCUT2D eigenvalue weighted by atomic mass is 32.1. The topological polar surface area (TPSA) is 42.4 Å². The van der Waals surface area contributed by atoms with Crippen LogP contribution in [0.15, 0.2) is 5.38 Å². The molecule has 12 heavy (non-hydrogen) atoms. The average Bonchev–Trinajstić information content (AvgIpc) is 2.31. The van der Waals surface area contributed by atoms with E-state index in [1.807, 2.05) is 6.92 Å². The van der Waals surface area contributed by atoms with Gasteiger partial charge in [-0.2, -0.15) is 0 Å². The molecule has 1 aromatic rings. The molecule has 1 aliphatic rings. The Balaban J connectivity index is 2.13. The summed E-state index contributed by atoms with van der Waals surface area (Å²) in [6.07, 6.45) is 0. The van der Waals surface area contributed by atoms with Crippen molar-refractivity contribution in [1.29, 1.82) is 0 Å². The lowest BCUT2D eigenvalue weighted by molar-refractivity contribution is -0.116. The minimum Gasteiger partial charge on any atom is -0.340 e. The van der Waals surface area contributed by atoms with Crippen molar-refractivity contribution < 1.29 is 9.53 Å². The maximum atomic E-state index is 11.4. The maximum absolute atomic E-state index is 11.4. The van der Waals surface area contributed by atoms with Gasteiger partial charge in [-0.05, 0) is 6.92 Å². The number of ether oxygens (including phenoxy) is 1. The highest BCUT2D eigenvalue weighted by Gasteiger charge is 2.23. The van der Waals surface area contributed by atoms with Gasteiger partial charge in [0.15, 0.2) is 0 Å². The summed E-state index contributed by atoms with van der Waals surface area (Å²) in [6.45, 7) is 2.68. The van der Waals surface area contributed by atoms with E-state index in [0.29, 0.717) is 19.2 Å². The van der Waals surface area contributed by atoms with E-state index in [-0.39, 0.29) is 5.91 Å². The number of amides is 1. The molecule has 1 fully saturated rings. The van der Waals surface area contributed by atoms with E-state index in [9.17, 15) is 4.79 Å². The van der Waals surface area contributed by atoms with E-state index in [0.717, 1.165) is 5.01 Å². The summed E-state index contributed by atoms with van der Waals surface area (Å²) in [5, 5.41) is 2.69. The average molecular weight is 184 g/mol. The third kappa shape index (κ3) is 1.21. The highest BCUT2D eigenvalue weighted by Crippen LogP contribution is 2.13. The fourth-order valence-corrected chi connectivity index (χ4v) is 1.51. The quantitative estimate of drug-likeness (QED) is 0.649. The van der Waals surface area contributed by atoms with Gasteiger partial charge in [0.05, 0.1) is 5.01 Å². The molecule has 2 heterocycles. The second-order valence-electron chi connectivity index (χ2n) is 2.56. The number of nitrogens with zero attached hydrogens (tertiary/aromatic N) is 2. The minimum atomic E-state index is -0.0365. The molecule has 1 amide bonds. The van der Waals surface area contributed by atoms with E-state index in [1.165, 1.54) is 11.3 Å². The van der Waals surface area contributed by atoms with Crippen molar-refractivity contribution in [3.05, 3.63) is 16.1 Å². The third-order valence-corrected chi connectivity index (χ3v) is 2.39. The molecule has 0 aromatic carbocycles. The van der Waals surface area contributed by atoms with Crippen LogP contribution < -0.4 is 0 Å². The molecule has 0 N–H and O–H groups in total. The number of rotatable bonds is 1. The van der Waals surface area contributed by atoms with Crippen molar-refractivity contribution in [3.8, 4) is 0 Å². The molecule has 2 rings (SSSR count). The smallest absolute Gasteiger partial charge is 0.276 e. The first-order chi connectivity index (χ1) is 5.77. The summed E-state index contributed by atoms with van der Waals surface area (Å²) in [7, 11) is 0. The van der Waals surface area contributed by atoms with E-state index in [2.05, 4.69) is 4.98 Å². The lowest BCUT2D eigenvalue weighted by atomic mass is 10.4. The second kappa shape index (κ2) is 2.84. The summed E-state index contributed by atoms with van der Waals surface area (Å²) in [6, 6.07) is 0. The second-order valence-corrected chi connectivity index (χ2v) is 3.62. The normalized spacial score (nSPS) is 15.9. The molecule has 64 valence electrons. The first-order valence-corrected chi connectivity index (χ1v) is 4.44.